The van der Waals surface area contributed by atoms with Gasteiger partial charge in [-0.15, -0.1) is 0 Å². The highest BCUT2D eigenvalue weighted by atomic mass is 35.5. The third-order valence-electron chi connectivity index (χ3n) is 3.76. The molecule has 2 aromatic heterocycles. The summed E-state index contributed by atoms with van der Waals surface area (Å²) >= 11 is 12.1. The van der Waals surface area contributed by atoms with E-state index in [1.807, 2.05) is 46.6 Å². The molecule has 0 atom stereocenters. The number of fused-ring (bicyclic) bond motifs is 1. The predicted octanol–water partition coefficient (Wildman–Crippen LogP) is 4.51. The van der Waals surface area contributed by atoms with Crippen LogP contribution in [0.25, 0.3) is 11.0 Å². The molecule has 0 unspecified atom stereocenters. The first-order valence-electron chi connectivity index (χ1n) is 7.27. The number of benzene rings is 1. The molecule has 0 fully saturated rings. The lowest BCUT2D eigenvalue weighted by molar-refractivity contribution is 0.0515. The van der Waals surface area contributed by atoms with Crippen LogP contribution < -0.4 is 0 Å². The molecule has 0 aliphatic carbocycles. The molecule has 0 aliphatic heterocycles. The van der Waals surface area contributed by atoms with Gasteiger partial charge in [0.1, 0.15) is 5.69 Å². The van der Waals surface area contributed by atoms with Gasteiger partial charge in [0, 0.05) is 19.8 Å². The molecule has 0 amide bonds. The zero-order valence-corrected chi connectivity index (χ0v) is 14.4. The van der Waals surface area contributed by atoms with Gasteiger partial charge in [0.15, 0.2) is 0 Å². The van der Waals surface area contributed by atoms with Crippen LogP contribution in [0, 0.1) is 0 Å². The summed E-state index contributed by atoms with van der Waals surface area (Å²) in [5, 5.41) is 1.01. The summed E-state index contributed by atoms with van der Waals surface area (Å²) in [6.07, 6.45) is 1.96. The van der Waals surface area contributed by atoms with Gasteiger partial charge in [-0.2, -0.15) is 0 Å². The summed E-state index contributed by atoms with van der Waals surface area (Å²) in [4.78, 5) is 12.3. The Morgan fingerprint density at radius 3 is 2.61 bits per heavy atom. The SMILES string of the molecule is CCOC(=O)c1cc2c(ccn2C)n1Cc1ccc(Cl)c(Cl)c1. The summed E-state index contributed by atoms with van der Waals surface area (Å²) < 4.78 is 9.08. The first-order valence-corrected chi connectivity index (χ1v) is 8.02. The highest BCUT2D eigenvalue weighted by Crippen LogP contribution is 2.26. The fraction of sp³-hybridized carbons (Fsp3) is 0.235. The quantitative estimate of drug-likeness (QED) is 0.649. The van der Waals surface area contributed by atoms with Crippen molar-refractivity contribution in [3.05, 3.63) is 57.8 Å². The van der Waals surface area contributed by atoms with E-state index in [9.17, 15) is 4.79 Å². The Bertz CT molecular complexity index is 880. The Kier molecular flexibility index (Phi) is 4.37. The molecule has 0 radical (unpaired) electrons. The Hall–Kier alpha value is -1.91. The molecule has 0 spiro atoms. The molecule has 1 aromatic carbocycles. The number of aromatic nitrogens is 2. The maximum absolute atomic E-state index is 12.3. The molecule has 3 rings (SSSR count). The number of aryl methyl sites for hydroxylation is 1. The van der Waals surface area contributed by atoms with Crippen molar-refractivity contribution in [2.75, 3.05) is 6.61 Å². The van der Waals surface area contributed by atoms with Crippen LogP contribution in [-0.4, -0.2) is 21.7 Å². The van der Waals surface area contributed by atoms with E-state index in [0.29, 0.717) is 28.9 Å². The van der Waals surface area contributed by atoms with Gasteiger partial charge in [0.25, 0.3) is 0 Å². The number of nitrogens with zero attached hydrogens (tertiary/aromatic N) is 2. The van der Waals surface area contributed by atoms with Crippen molar-refractivity contribution in [2.24, 2.45) is 7.05 Å². The molecule has 0 N–H and O–H groups in total. The van der Waals surface area contributed by atoms with Gasteiger partial charge in [-0.05, 0) is 36.8 Å². The number of halogens is 2. The zero-order chi connectivity index (χ0) is 16.6. The van der Waals surface area contributed by atoms with Crippen LogP contribution in [0.1, 0.15) is 23.0 Å². The number of carbonyl (C=O) groups is 1. The number of ether oxygens (including phenoxy) is 1. The third-order valence-corrected chi connectivity index (χ3v) is 4.50. The molecule has 6 heteroatoms. The number of carbonyl (C=O) groups excluding carboxylic acids is 1. The van der Waals surface area contributed by atoms with E-state index in [2.05, 4.69) is 0 Å². The molecule has 0 aliphatic rings. The van der Waals surface area contributed by atoms with E-state index in [0.717, 1.165) is 16.6 Å². The van der Waals surface area contributed by atoms with Gasteiger partial charge >= 0.3 is 5.97 Å². The van der Waals surface area contributed by atoms with Crippen molar-refractivity contribution in [3.8, 4) is 0 Å². The lowest BCUT2D eigenvalue weighted by atomic mass is 10.2. The van der Waals surface area contributed by atoms with Crippen molar-refractivity contribution in [3.63, 3.8) is 0 Å². The molecule has 3 aromatic rings. The minimum Gasteiger partial charge on any atom is -0.461 e. The highest BCUT2D eigenvalue weighted by Gasteiger charge is 2.18. The highest BCUT2D eigenvalue weighted by molar-refractivity contribution is 6.42. The second-order valence-corrected chi connectivity index (χ2v) is 6.10. The lowest BCUT2D eigenvalue weighted by Crippen LogP contribution is -2.12. The van der Waals surface area contributed by atoms with Crippen LogP contribution >= 0.6 is 23.2 Å². The van der Waals surface area contributed by atoms with E-state index < -0.39 is 0 Å². The normalized spacial score (nSPS) is 11.1. The number of hydrogen-bond donors (Lipinski definition) is 0. The van der Waals surface area contributed by atoms with Crippen LogP contribution in [-0.2, 0) is 18.3 Å². The van der Waals surface area contributed by atoms with Gasteiger partial charge in [-0.25, -0.2) is 4.79 Å². The Labute approximate surface area is 144 Å². The maximum Gasteiger partial charge on any atom is 0.355 e. The zero-order valence-electron chi connectivity index (χ0n) is 12.8. The standard InChI is InChI=1S/C17H16Cl2N2O2/c1-3-23-17(22)16-9-15-14(6-7-20(15)2)21(16)10-11-4-5-12(18)13(19)8-11/h4-9H,3,10H2,1-2H3. The van der Waals surface area contributed by atoms with Crippen molar-refractivity contribution < 1.29 is 9.53 Å². The molecular weight excluding hydrogens is 335 g/mol. The average Bonchev–Trinajstić information content (AvgIpc) is 3.05. The summed E-state index contributed by atoms with van der Waals surface area (Å²) in [6.45, 7) is 2.65. The Morgan fingerprint density at radius 2 is 1.91 bits per heavy atom. The largest absolute Gasteiger partial charge is 0.461 e. The number of esters is 1. The van der Waals surface area contributed by atoms with Crippen molar-refractivity contribution in [1.29, 1.82) is 0 Å². The summed E-state index contributed by atoms with van der Waals surface area (Å²) in [6, 6.07) is 9.31. The fourth-order valence-corrected chi connectivity index (χ4v) is 2.96. The predicted molar refractivity (Wildman–Crippen MR) is 92.4 cm³/mol. The van der Waals surface area contributed by atoms with E-state index in [4.69, 9.17) is 27.9 Å². The minimum absolute atomic E-state index is 0.330. The molecule has 0 saturated heterocycles. The fourth-order valence-electron chi connectivity index (χ4n) is 2.64. The van der Waals surface area contributed by atoms with Crippen LogP contribution in [0.15, 0.2) is 36.5 Å². The van der Waals surface area contributed by atoms with Gasteiger partial charge in [-0.1, -0.05) is 29.3 Å². The van der Waals surface area contributed by atoms with E-state index in [1.54, 1.807) is 13.0 Å². The molecule has 0 bridgehead atoms. The Balaban J connectivity index is 2.08. The van der Waals surface area contributed by atoms with E-state index >= 15 is 0 Å². The second kappa shape index (κ2) is 6.30. The number of hydrogen-bond acceptors (Lipinski definition) is 2. The van der Waals surface area contributed by atoms with E-state index in [-0.39, 0.29) is 5.97 Å². The first kappa shape index (κ1) is 16.0. The summed E-state index contributed by atoms with van der Waals surface area (Å²) in [5.41, 5.74) is 3.44. The number of rotatable bonds is 4. The molecule has 0 saturated carbocycles. The minimum atomic E-state index is -0.330. The second-order valence-electron chi connectivity index (χ2n) is 5.28. The molecular formula is C17H16Cl2N2O2. The van der Waals surface area contributed by atoms with Crippen LogP contribution in [0.3, 0.4) is 0 Å². The average molecular weight is 351 g/mol. The molecule has 4 nitrogen and oxygen atoms in total. The monoisotopic (exact) mass is 350 g/mol. The van der Waals surface area contributed by atoms with Gasteiger partial charge < -0.3 is 13.9 Å². The summed E-state index contributed by atoms with van der Waals surface area (Å²) in [7, 11) is 1.95. The summed E-state index contributed by atoms with van der Waals surface area (Å²) in [5.74, 6) is -0.330. The molecule has 2 heterocycles. The van der Waals surface area contributed by atoms with Crippen LogP contribution in [0.5, 0.6) is 0 Å². The molecule has 23 heavy (non-hydrogen) atoms. The van der Waals surface area contributed by atoms with Crippen LogP contribution in [0.2, 0.25) is 10.0 Å². The maximum atomic E-state index is 12.3. The smallest absolute Gasteiger partial charge is 0.355 e. The topological polar surface area (TPSA) is 36.2 Å². The molecule has 120 valence electrons. The lowest BCUT2D eigenvalue weighted by Gasteiger charge is -2.10. The van der Waals surface area contributed by atoms with Crippen molar-refractivity contribution in [2.45, 2.75) is 13.5 Å². The van der Waals surface area contributed by atoms with Crippen molar-refractivity contribution >= 4 is 40.2 Å². The Morgan fingerprint density at radius 1 is 1.13 bits per heavy atom. The van der Waals surface area contributed by atoms with Gasteiger partial charge in [0.05, 0.1) is 27.7 Å². The van der Waals surface area contributed by atoms with Crippen LogP contribution in [0.4, 0.5) is 0 Å². The van der Waals surface area contributed by atoms with Gasteiger partial charge in [0.2, 0.25) is 0 Å². The first-order chi connectivity index (χ1) is 11.0. The van der Waals surface area contributed by atoms with Gasteiger partial charge in [-0.3, -0.25) is 0 Å². The van der Waals surface area contributed by atoms with E-state index in [1.165, 1.54) is 0 Å². The third kappa shape index (κ3) is 2.96. The van der Waals surface area contributed by atoms with Crippen molar-refractivity contribution in [1.82, 2.24) is 9.13 Å².